The molecule has 0 aliphatic rings. The van der Waals surface area contributed by atoms with Gasteiger partial charge in [0.15, 0.2) is 6.61 Å². The van der Waals surface area contributed by atoms with Gasteiger partial charge in [-0.2, -0.15) is 18.4 Å². The third-order valence-corrected chi connectivity index (χ3v) is 1.78. The summed E-state index contributed by atoms with van der Waals surface area (Å²) in [5.41, 5.74) is -1.69. The first-order valence-electron chi connectivity index (χ1n) is 4.30. The lowest BCUT2D eigenvalue weighted by molar-refractivity contribution is -0.140. The molecule has 0 unspecified atom stereocenters. The molecular weight excluding hydrogens is 239 g/mol. The highest BCUT2D eigenvalue weighted by Crippen LogP contribution is 2.33. The number of halogens is 3. The minimum absolute atomic E-state index is 0.100. The van der Waals surface area contributed by atoms with E-state index in [4.69, 9.17) is 10.4 Å². The Bertz CT molecular complexity index is 477. The normalized spacial score (nSPS) is 10.7. The number of aliphatic carboxylic acids is 1. The van der Waals surface area contributed by atoms with Gasteiger partial charge >= 0.3 is 12.1 Å². The average Bonchev–Trinajstić information content (AvgIpc) is 2.24. The molecule has 4 nitrogen and oxygen atoms in total. The number of hydrogen-bond acceptors (Lipinski definition) is 3. The van der Waals surface area contributed by atoms with Crippen LogP contribution in [0.5, 0.6) is 5.75 Å². The molecule has 0 bridgehead atoms. The average molecular weight is 245 g/mol. The molecular formula is C10H6F3NO3. The molecule has 1 N–H and O–H groups in total. The van der Waals surface area contributed by atoms with E-state index >= 15 is 0 Å². The minimum atomic E-state index is -4.63. The van der Waals surface area contributed by atoms with Gasteiger partial charge in [0.05, 0.1) is 17.2 Å². The third-order valence-electron chi connectivity index (χ3n) is 1.78. The van der Waals surface area contributed by atoms with E-state index in [2.05, 4.69) is 4.74 Å². The molecule has 0 aliphatic carbocycles. The third kappa shape index (κ3) is 3.38. The highest BCUT2D eigenvalue weighted by molar-refractivity contribution is 5.68. The summed E-state index contributed by atoms with van der Waals surface area (Å²) in [4.78, 5) is 10.2. The fraction of sp³-hybridized carbons (Fsp3) is 0.200. The quantitative estimate of drug-likeness (QED) is 0.884. The van der Waals surface area contributed by atoms with Crippen molar-refractivity contribution in [1.29, 1.82) is 5.26 Å². The van der Waals surface area contributed by atoms with E-state index in [-0.39, 0.29) is 5.75 Å². The van der Waals surface area contributed by atoms with E-state index in [9.17, 15) is 18.0 Å². The van der Waals surface area contributed by atoms with Crippen molar-refractivity contribution in [3.05, 3.63) is 29.3 Å². The topological polar surface area (TPSA) is 70.3 Å². The zero-order valence-corrected chi connectivity index (χ0v) is 8.28. The second-order valence-electron chi connectivity index (χ2n) is 3.00. The van der Waals surface area contributed by atoms with Gasteiger partial charge in [0.25, 0.3) is 0 Å². The second kappa shape index (κ2) is 4.74. The Hall–Kier alpha value is -2.23. The Kier molecular flexibility index (Phi) is 3.58. The second-order valence-corrected chi connectivity index (χ2v) is 3.00. The molecule has 0 aromatic heterocycles. The maximum absolute atomic E-state index is 12.4. The van der Waals surface area contributed by atoms with Gasteiger partial charge in [-0.1, -0.05) is 0 Å². The standard InChI is InChI=1S/C10H6F3NO3/c11-10(12,13)8-2-1-7(3-6(8)4-14)17-5-9(15)16/h1-3H,5H2,(H,15,16). The van der Waals surface area contributed by atoms with Crippen molar-refractivity contribution in [2.45, 2.75) is 6.18 Å². The van der Waals surface area contributed by atoms with E-state index in [1.807, 2.05) is 0 Å². The van der Waals surface area contributed by atoms with Gasteiger partial charge in [-0.3, -0.25) is 0 Å². The van der Waals surface area contributed by atoms with Crippen LogP contribution in [0.25, 0.3) is 0 Å². The molecule has 0 spiro atoms. The summed E-state index contributed by atoms with van der Waals surface area (Å²) in [6.45, 7) is -0.684. The van der Waals surface area contributed by atoms with Crippen LogP contribution in [0.4, 0.5) is 13.2 Å². The van der Waals surface area contributed by atoms with Gasteiger partial charge in [0, 0.05) is 0 Å². The van der Waals surface area contributed by atoms with Crippen LogP contribution in [0, 0.1) is 11.3 Å². The van der Waals surface area contributed by atoms with E-state index in [1.165, 1.54) is 6.07 Å². The van der Waals surface area contributed by atoms with Crippen LogP contribution in [0.1, 0.15) is 11.1 Å². The van der Waals surface area contributed by atoms with Crippen LogP contribution in [0.2, 0.25) is 0 Å². The molecule has 0 amide bonds. The molecule has 1 aromatic carbocycles. The van der Waals surface area contributed by atoms with Crippen LogP contribution >= 0.6 is 0 Å². The molecule has 90 valence electrons. The molecule has 0 heterocycles. The van der Waals surface area contributed by atoms with Crippen LogP contribution in [-0.4, -0.2) is 17.7 Å². The SMILES string of the molecule is N#Cc1cc(OCC(=O)O)ccc1C(F)(F)F. The summed E-state index contributed by atoms with van der Waals surface area (Å²) >= 11 is 0. The van der Waals surface area contributed by atoms with Gasteiger partial charge < -0.3 is 9.84 Å². The molecule has 0 aliphatic heterocycles. The van der Waals surface area contributed by atoms with Crippen LogP contribution in [0.3, 0.4) is 0 Å². The first-order chi connectivity index (χ1) is 7.84. The number of carboxylic acid groups (broad SMARTS) is 1. The van der Waals surface area contributed by atoms with E-state index in [0.29, 0.717) is 6.07 Å². The number of ether oxygens (including phenoxy) is 1. The van der Waals surface area contributed by atoms with Crippen molar-refractivity contribution >= 4 is 5.97 Å². The number of hydrogen-bond donors (Lipinski definition) is 1. The Morgan fingerprint density at radius 1 is 1.47 bits per heavy atom. The molecule has 0 saturated carbocycles. The Labute approximate surface area is 93.8 Å². The highest BCUT2D eigenvalue weighted by atomic mass is 19.4. The smallest absolute Gasteiger partial charge is 0.417 e. The summed E-state index contributed by atoms with van der Waals surface area (Å²) in [6.07, 6.45) is -4.63. The van der Waals surface area contributed by atoms with Crippen molar-refractivity contribution in [3.63, 3.8) is 0 Å². The monoisotopic (exact) mass is 245 g/mol. The molecule has 0 saturated heterocycles. The van der Waals surface area contributed by atoms with Crippen molar-refractivity contribution in [1.82, 2.24) is 0 Å². The molecule has 0 radical (unpaired) electrons. The first-order valence-corrected chi connectivity index (χ1v) is 4.30. The van der Waals surface area contributed by atoms with E-state index in [1.54, 1.807) is 0 Å². The minimum Gasteiger partial charge on any atom is -0.482 e. The summed E-state index contributed by atoms with van der Waals surface area (Å²) in [7, 11) is 0. The first kappa shape index (κ1) is 12.8. The molecule has 17 heavy (non-hydrogen) atoms. The number of benzene rings is 1. The fourth-order valence-corrected chi connectivity index (χ4v) is 1.10. The van der Waals surface area contributed by atoms with Crippen molar-refractivity contribution in [3.8, 4) is 11.8 Å². The maximum Gasteiger partial charge on any atom is 0.417 e. The molecule has 1 aromatic rings. The van der Waals surface area contributed by atoms with Gasteiger partial charge in [0.1, 0.15) is 5.75 Å². The lowest BCUT2D eigenvalue weighted by atomic mass is 10.1. The molecule has 0 fully saturated rings. The highest BCUT2D eigenvalue weighted by Gasteiger charge is 2.33. The van der Waals surface area contributed by atoms with Crippen molar-refractivity contribution in [2.75, 3.05) is 6.61 Å². The largest absolute Gasteiger partial charge is 0.482 e. The lowest BCUT2D eigenvalue weighted by Crippen LogP contribution is -2.11. The Morgan fingerprint density at radius 2 is 2.12 bits per heavy atom. The Balaban J connectivity index is 3.02. The maximum atomic E-state index is 12.4. The van der Waals surface area contributed by atoms with Gasteiger partial charge in [-0.25, -0.2) is 4.79 Å². The van der Waals surface area contributed by atoms with Crippen molar-refractivity contribution in [2.24, 2.45) is 0 Å². The number of rotatable bonds is 3. The number of carbonyl (C=O) groups is 1. The van der Waals surface area contributed by atoms with E-state index < -0.39 is 29.9 Å². The predicted molar refractivity (Wildman–Crippen MR) is 49.3 cm³/mol. The zero-order valence-electron chi connectivity index (χ0n) is 8.28. The predicted octanol–water partition coefficient (Wildman–Crippen LogP) is 2.04. The van der Waals surface area contributed by atoms with E-state index in [0.717, 1.165) is 12.1 Å². The van der Waals surface area contributed by atoms with Gasteiger partial charge in [0.2, 0.25) is 0 Å². The van der Waals surface area contributed by atoms with Crippen molar-refractivity contribution < 1.29 is 27.8 Å². The summed E-state index contributed by atoms with van der Waals surface area (Å²) in [5.74, 6) is -1.36. The number of nitriles is 1. The number of nitrogens with zero attached hydrogens (tertiary/aromatic N) is 1. The number of alkyl halides is 3. The zero-order chi connectivity index (χ0) is 13.1. The van der Waals surface area contributed by atoms with Gasteiger partial charge in [-0.05, 0) is 18.2 Å². The summed E-state index contributed by atoms with van der Waals surface area (Å²) in [6, 6.07) is 3.88. The Morgan fingerprint density at radius 3 is 2.59 bits per heavy atom. The van der Waals surface area contributed by atoms with Crippen LogP contribution in [0.15, 0.2) is 18.2 Å². The van der Waals surface area contributed by atoms with Gasteiger partial charge in [-0.15, -0.1) is 0 Å². The summed E-state index contributed by atoms with van der Waals surface area (Å²) < 4.78 is 41.8. The van der Waals surface area contributed by atoms with Crippen LogP contribution < -0.4 is 4.74 Å². The summed E-state index contributed by atoms with van der Waals surface area (Å²) in [5, 5.41) is 16.9. The molecule has 0 atom stereocenters. The molecule has 1 rings (SSSR count). The fourth-order valence-electron chi connectivity index (χ4n) is 1.10. The lowest BCUT2D eigenvalue weighted by Gasteiger charge is -2.10. The molecule has 7 heteroatoms. The van der Waals surface area contributed by atoms with Crippen LogP contribution in [-0.2, 0) is 11.0 Å². The number of carboxylic acids is 1.